The number of benzene rings is 1. The molecule has 1 saturated heterocycles. The fraction of sp³-hybridized carbons (Fsp3) is 0.607. The maximum atomic E-state index is 10.8. The third kappa shape index (κ3) is 9.41. The maximum Gasteiger partial charge on any atom is 0.304 e. The molecule has 2 aliphatic rings. The number of hydrogen-bond donors (Lipinski definition) is 5. The Morgan fingerprint density at radius 2 is 1.68 bits per heavy atom. The topological polar surface area (TPSA) is 132 Å². The monoisotopic (exact) mass is 524 g/mol. The van der Waals surface area contributed by atoms with Gasteiger partial charge < -0.3 is 31.7 Å². The first-order valence-corrected chi connectivity index (χ1v) is 14.1. The molecule has 0 unspecified atom stereocenters. The first-order valence-electron chi connectivity index (χ1n) is 14.1. The molecule has 0 atom stereocenters. The minimum Gasteiger partial charge on any atom is -0.481 e. The number of aliphatic carboxylic acids is 1. The third-order valence-electron chi connectivity index (χ3n) is 7.44. The van der Waals surface area contributed by atoms with Crippen LogP contribution >= 0.6 is 0 Å². The van der Waals surface area contributed by atoms with E-state index in [4.69, 9.17) is 10.8 Å². The molecule has 1 aliphatic heterocycles. The number of aromatic nitrogens is 2. The maximum absolute atomic E-state index is 10.8. The number of nitrogens with zero attached hydrogens (tertiary/aromatic N) is 4. The molecule has 1 aliphatic carbocycles. The average molecular weight is 525 g/mol. The van der Waals surface area contributed by atoms with Crippen LogP contribution in [0.3, 0.4) is 0 Å². The van der Waals surface area contributed by atoms with E-state index in [1.807, 2.05) is 0 Å². The summed E-state index contributed by atoms with van der Waals surface area (Å²) >= 11 is 0. The van der Waals surface area contributed by atoms with E-state index < -0.39 is 5.97 Å². The summed E-state index contributed by atoms with van der Waals surface area (Å²) in [6, 6.07) is 11.1. The van der Waals surface area contributed by atoms with E-state index >= 15 is 0 Å². The number of nitrogens with one attached hydrogen (secondary N) is 3. The number of anilines is 3. The summed E-state index contributed by atoms with van der Waals surface area (Å²) in [5.74, 6) is 0.987. The molecule has 0 bridgehead atoms. The highest BCUT2D eigenvalue weighted by molar-refractivity contribution is 5.66. The van der Waals surface area contributed by atoms with Crippen LogP contribution in [0.4, 0.5) is 17.6 Å². The normalized spacial score (nSPS) is 17.0. The Bertz CT molecular complexity index is 989. The summed E-state index contributed by atoms with van der Waals surface area (Å²) in [6.45, 7) is 7.36. The highest BCUT2D eigenvalue weighted by atomic mass is 16.4. The highest BCUT2D eigenvalue weighted by Crippen LogP contribution is 2.19. The minimum absolute atomic E-state index is 0.171. The fourth-order valence-electron chi connectivity index (χ4n) is 5.16. The molecule has 2 fully saturated rings. The van der Waals surface area contributed by atoms with Crippen LogP contribution in [0.1, 0.15) is 56.1 Å². The second-order valence-corrected chi connectivity index (χ2v) is 10.4. The van der Waals surface area contributed by atoms with Gasteiger partial charge in [0.2, 0.25) is 5.95 Å². The highest BCUT2D eigenvalue weighted by Gasteiger charge is 2.19. The van der Waals surface area contributed by atoms with Crippen molar-refractivity contribution in [3.05, 3.63) is 41.5 Å². The molecular weight excluding hydrogens is 480 g/mol. The molecule has 1 saturated carbocycles. The lowest BCUT2D eigenvalue weighted by Crippen LogP contribution is -2.47. The predicted molar refractivity (Wildman–Crippen MR) is 152 cm³/mol. The lowest BCUT2D eigenvalue weighted by molar-refractivity contribution is -0.137. The van der Waals surface area contributed by atoms with Gasteiger partial charge in [-0.1, -0.05) is 43.5 Å². The van der Waals surface area contributed by atoms with E-state index in [9.17, 15) is 4.79 Å². The van der Waals surface area contributed by atoms with Gasteiger partial charge in [0.05, 0.1) is 6.42 Å². The Balaban J connectivity index is 1.15. The molecule has 1 aromatic carbocycles. The van der Waals surface area contributed by atoms with Crippen molar-refractivity contribution in [3.8, 4) is 0 Å². The van der Waals surface area contributed by atoms with Crippen molar-refractivity contribution in [3.63, 3.8) is 0 Å². The van der Waals surface area contributed by atoms with E-state index in [1.165, 1.54) is 37.7 Å². The molecule has 4 rings (SSSR count). The van der Waals surface area contributed by atoms with Crippen molar-refractivity contribution in [2.24, 2.45) is 0 Å². The van der Waals surface area contributed by atoms with Crippen LogP contribution in [0, 0.1) is 0 Å². The van der Waals surface area contributed by atoms with Gasteiger partial charge in [0, 0.05) is 57.9 Å². The van der Waals surface area contributed by atoms with Crippen LogP contribution in [0.2, 0.25) is 0 Å². The van der Waals surface area contributed by atoms with Crippen LogP contribution in [0.25, 0.3) is 0 Å². The van der Waals surface area contributed by atoms with Gasteiger partial charge in [0.1, 0.15) is 11.6 Å². The zero-order valence-electron chi connectivity index (χ0n) is 22.5. The van der Waals surface area contributed by atoms with Crippen molar-refractivity contribution < 1.29 is 9.90 Å². The second-order valence-electron chi connectivity index (χ2n) is 10.4. The largest absolute Gasteiger partial charge is 0.481 e. The molecular formula is C28H44N8O2. The van der Waals surface area contributed by atoms with E-state index in [1.54, 1.807) is 6.07 Å². The number of carboxylic acids is 1. The van der Waals surface area contributed by atoms with E-state index in [0.717, 1.165) is 69.7 Å². The summed E-state index contributed by atoms with van der Waals surface area (Å²) in [5, 5.41) is 19.5. The minimum atomic E-state index is -0.758. The molecule has 0 radical (unpaired) electrons. The van der Waals surface area contributed by atoms with Gasteiger partial charge >= 0.3 is 5.97 Å². The molecule has 2 aromatic rings. The van der Waals surface area contributed by atoms with Crippen LogP contribution < -0.4 is 26.6 Å². The molecule has 38 heavy (non-hydrogen) atoms. The van der Waals surface area contributed by atoms with Gasteiger partial charge in [-0.15, -0.1) is 0 Å². The third-order valence-corrected chi connectivity index (χ3v) is 7.44. The van der Waals surface area contributed by atoms with Gasteiger partial charge in [0.25, 0.3) is 0 Å². The number of nitrogen functional groups attached to an aromatic ring is 1. The lowest BCUT2D eigenvalue weighted by atomic mass is 9.95. The molecule has 10 heteroatoms. The summed E-state index contributed by atoms with van der Waals surface area (Å²) in [6.07, 6.45) is 8.17. The van der Waals surface area contributed by atoms with E-state index in [0.29, 0.717) is 24.9 Å². The van der Waals surface area contributed by atoms with Crippen LogP contribution in [0.15, 0.2) is 30.3 Å². The van der Waals surface area contributed by atoms with Crippen molar-refractivity contribution in [1.29, 1.82) is 0 Å². The summed E-state index contributed by atoms with van der Waals surface area (Å²) < 4.78 is 0. The number of carbonyl (C=O) groups is 1. The molecule has 10 nitrogen and oxygen atoms in total. The van der Waals surface area contributed by atoms with Crippen molar-refractivity contribution in [2.45, 2.75) is 64.1 Å². The number of carboxylic acid groups (broad SMARTS) is 1. The Hall–Kier alpha value is -2.95. The Kier molecular flexibility index (Phi) is 11.0. The van der Waals surface area contributed by atoms with Crippen molar-refractivity contribution in [2.75, 3.05) is 61.8 Å². The second kappa shape index (κ2) is 14.8. The van der Waals surface area contributed by atoms with Gasteiger partial charge in [-0.05, 0) is 43.5 Å². The molecule has 208 valence electrons. The Labute approximate surface area is 226 Å². The van der Waals surface area contributed by atoms with Gasteiger partial charge in [0.15, 0.2) is 0 Å². The number of hydrogen-bond acceptors (Lipinski definition) is 9. The van der Waals surface area contributed by atoms with Gasteiger partial charge in [-0.2, -0.15) is 9.97 Å². The molecule has 1 aromatic heterocycles. The van der Waals surface area contributed by atoms with Gasteiger partial charge in [-0.25, -0.2) is 0 Å². The summed E-state index contributed by atoms with van der Waals surface area (Å²) in [5.41, 5.74) is 8.51. The molecule has 0 spiro atoms. The Morgan fingerprint density at radius 1 is 0.974 bits per heavy atom. The summed E-state index contributed by atoms with van der Waals surface area (Å²) in [4.78, 5) is 24.2. The first kappa shape index (κ1) is 28.1. The van der Waals surface area contributed by atoms with Gasteiger partial charge in [-0.3, -0.25) is 9.69 Å². The van der Waals surface area contributed by atoms with Crippen LogP contribution in [-0.2, 0) is 17.9 Å². The predicted octanol–water partition coefficient (Wildman–Crippen LogP) is 2.67. The number of nitrogens with two attached hydrogens (primary N) is 1. The molecule has 2 heterocycles. The van der Waals surface area contributed by atoms with E-state index in [2.05, 4.69) is 60.0 Å². The van der Waals surface area contributed by atoms with Crippen molar-refractivity contribution in [1.82, 2.24) is 25.5 Å². The van der Waals surface area contributed by atoms with Crippen LogP contribution in [-0.4, -0.2) is 77.8 Å². The van der Waals surface area contributed by atoms with E-state index in [-0.39, 0.29) is 6.42 Å². The SMILES string of the molecule is Nc1cc(N2CCN(CCC(=O)O)CC2)nc(NCc2ccc(CNCCCNC3CCCCC3)cc2)n1. The number of piperazine rings is 1. The summed E-state index contributed by atoms with van der Waals surface area (Å²) in [7, 11) is 0. The zero-order valence-corrected chi connectivity index (χ0v) is 22.5. The number of rotatable bonds is 14. The fourth-order valence-corrected chi connectivity index (χ4v) is 5.16. The quantitative estimate of drug-likeness (QED) is 0.235. The Morgan fingerprint density at radius 3 is 2.39 bits per heavy atom. The average Bonchev–Trinajstić information content (AvgIpc) is 2.94. The van der Waals surface area contributed by atoms with Crippen molar-refractivity contribution >= 4 is 23.6 Å². The molecule has 6 N–H and O–H groups in total. The van der Waals surface area contributed by atoms with Crippen LogP contribution in [0.5, 0.6) is 0 Å². The smallest absolute Gasteiger partial charge is 0.304 e. The zero-order chi connectivity index (χ0) is 26.6. The standard InChI is InChI=1S/C28H44N8O2/c29-25-19-26(36-17-15-35(16-18-36)14-11-27(37)38)34-28(33-25)32-21-23-9-7-22(8-10-23)20-30-12-4-13-31-24-5-2-1-3-6-24/h7-10,19,24,30-31H,1-6,11-18,20-21H2,(H,37,38)(H3,29,32,33,34). The molecule has 0 amide bonds. The lowest BCUT2D eigenvalue weighted by Gasteiger charge is -2.35. The first-order chi connectivity index (χ1) is 18.5.